The van der Waals surface area contributed by atoms with Gasteiger partial charge in [-0.05, 0) is 30.3 Å². The molecular weight excluding hydrogens is 279 g/mol. The summed E-state index contributed by atoms with van der Waals surface area (Å²) in [4.78, 5) is 34.2. The quantitative estimate of drug-likeness (QED) is 0.889. The highest BCUT2D eigenvalue weighted by atomic mass is 19.1. The number of carbonyl (C=O) groups excluding carboxylic acids is 1. The first-order valence-electron chi connectivity index (χ1n) is 5.95. The Bertz CT molecular complexity index is 737. The van der Waals surface area contributed by atoms with Gasteiger partial charge < -0.3 is 15.0 Å². The van der Waals surface area contributed by atoms with Crippen LogP contribution in [0.25, 0.3) is 0 Å². The maximum atomic E-state index is 12.7. The van der Waals surface area contributed by atoms with Crippen molar-refractivity contribution in [3.05, 3.63) is 64.3 Å². The van der Waals surface area contributed by atoms with E-state index in [1.54, 1.807) is 0 Å². The third-order valence-corrected chi connectivity index (χ3v) is 2.67. The summed E-state index contributed by atoms with van der Waals surface area (Å²) in [7, 11) is 0. The average molecular weight is 290 g/mol. The first kappa shape index (κ1) is 14.4. The smallest absolute Gasteiger partial charge is 0.337 e. The zero-order valence-corrected chi connectivity index (χ0v) is 10.7. The number of halogens is 1. The fraction of sp³-hybridized carbons (Fsp3) is 0.0714. The molecule has 0 fully saturated rings. The van der Waals surface area contributed by atoms with Crippen LogP contribution in [0.2, 0.25) is 0 Å². The van der Waals surface area contributed by atoms with Crippen LogP contribution in [0.4, 0.5) is 10.1 Å². The molecule has 0 aliphatic rings. The van der Waals surface area contributed by atoms with E-state index in [0.29, 0.717) is 5.69 Å². The van der Waals surface area contributed by atoms with Crippen LogP contribution in [0.1, 0.15) is 10.4 Å². The van der Waals surface area contributed by atoms with Crippen molar-refractivity contribution in [2.45, 2.75) is 6.54 Å². The second kappa shape index (κ2) is 6.00. The Labute approximate surface area is 118 Å². The van der Waals surface area contributed by atoms with Crippen LogP contribution in [-0.4, -0.2) is 21.6 Å². The van der Waals surface area contributed by atoms with Crippen molar-refractivity contribution in [3.8, 4) is 0 Å². The summed E-state index contributed by atoms with van der Waals surface area (Å²) in [6.45, 7) is -0.336. The Kier molecular flexibility index (Phi) is 4.13. The number of anilines is 1. The maximum Gasteiger partial charge on any atom is 0.337 e. The molecule has 0 spiro atoms. The molecule has 0 unspecified atom stereocenters. The van der Waals surface area contributed by atoms with E-state index < -0.39 is 23.3 Å². The molecule has 2 aromatic rings. The minimum Gasteiger partial charge on any atom is -0.478 e. The molecule has 0 saturated heterocycles. The van der Waals surface area contributed by atoms with E-state index in [-0.39, 0.29) is 12.1 Å². The maximum absolute atomic E-state index is 12.7. The van der Waals surface area contributed by atoms with Crippen LogP contribution in [0.5, 0.6) is 0 Å². The van der Waals surface area contributed by atoms with Gasteiger partial charge in [-0.3, -0.25) is 9.59 Å². The van der Waals surface area contributed by atoms with Crippen molar-refractivity contribution in [2.75, 3.05) is 5.32 Å². The van der Waals surface area contributed by atoms with E-state index in [1.807, 2.05) is 0 Å². The van der Waals surface area contributed by atoms with Crippen molar-refractivity contribution in [3.63, 3.8) is 0 Å². The van der Waals surface area contributed by atoms with Gasteiger partial charge in [-0.25, -0.2) is 9.18 Å². The summed E-state index contributed by atoms with van der Waals surface area (Å²) in [5.74, 6) is -2.15. The number of pyridine rings is 1. The van der Waals surface area contributed by atoms with E-state index in [0.717, 1.165) is 16.8 Å². The number of hydrogen-bond acceptors (Lipinski definition) is 3. The summed E-state index contributed by atoms with van der Waals surface area (Å²) in [5, 5.41) is 11.3. The Hall–Kier alpha value is -2.96. The largest absolute Gasteiger partial charge is 0.478 e. The van der Waals surface area contributed by atoms with Crippen LogP contribution in [0.3, 0.4) is 0 Å². The number of nitrogens with one attached hydrogen (secondary N) is 1. The molecule has 108 valence electrons. The van der Waals surface area contributed by atoms with Crippen molar-refractivity contribution >= 4 is 17.6 Å². The number of carbonyl (C=O) groups is 2. The second-order valence-corrected chi connectivity index (χ2v) is 4.24. The zero-order valence-electron chi connectivity index (χ0n) is 10.7. The fourth-order valence-corrected chi connectivity index (χ4v) is 1.67. The predicted octanol–water partition coefficient (Wildman–Crippen LogP) is 1.32. The second-order valence-electron chi connectivity index (χ2n) is 4.24. The molecule has 1 aromatic heterocycles. The summed E-state index contributed by atoms with van der Waals surface area (Å²) in [5.41, 5.74) is -0.206. The molecule has 0 radical (unpaired) electrons. The molecule has 0 saturated carbocycles. The van der Waals surface area contributed by atoms with E-state index in [4.69, 9.17) is 5.11 Å². The van der Waals surface area contributed by atoms with Gasteiger partial charge in [0.05, 0.1) is 5.56 Å². The van der Waals surface area contributed by atoms with Crippen molar-refractivity contribution in [1.29, 1.82) is 0 Å². The van der Waals surface area contributed by atoms with E-state index in [1.165, 1.54) is 30.3 Å². The number of benzene rings is 1. The molecule has 0 aliphatic heterocycles. The van der Waals surface area contributed by atoms with Gasteiger partial charge in [0.2, 0.25) is 5.91 Å². The highest BCUT2D eigenvalue weighted by molar-refractivity contribution is 5.91. The van der Waals surface area contributed by atoms with E-state index in [9.17, 15) is 18.8 Å². The van der Waals surface area contributed by atoms with Crippen LogP contribution in [-0.2, 0) is 11.3 Å². The number of carboxylic acid groups (broad SMARTS) is 1. The summed E-state index contributed by atoms with van der Waals surface area (Å²) >= 11 is 0. The van der Waals surface area contributed by atoms with Crippen LogP contribution in [0.15, 0.2) is 47.4 Å². The molecule has 0 aliphatic carbocycles. The fourth-order valence-electron chi connectivity index (χ4n) is 1.67. The summed E-state index contributed by atoms with van der Waals surface area (Å²) in [6.07, 6.45) is 1.09. The Morgan fingerprint density at radius 3 is 2.43 bits per heavy atom. The van der Waals surface area contributed by atoms with Gasteiger partial charge in [-0.15, -0.1) is 0 Å². The van der Waals surface area contributed by atoms with Crippen molar-refractivity contribution < 1.29 is 19.1 Å². The third-order valence-electron chi connectivity index (χ3n) is 2.67. The number of aromatic carboxylic acids is 1. The monoisotopic (exact) mass is 290 g/mol. The minimum atomic E-state index is -1.19. The van der Waals surface area contributed by atoms with Gasteiger partial charge >= 0.3 is 5.97 Å². The Balaban J connectivity index is 2.12. The van der Waals surface area contributed by atoms with Crippen LogP contribution >= 0.6 is 0 Å². The molecule has 2 rings (SSSR count). The van der Waals surface area contributed by atoms with Gasteiger partial charge in [0.25, 0.3) is 5.56 Å². The lowest BCUT2D eigenvalue weighted by atomic mass is 10.3. The zero-order chi connectivity index (χ0) is 15.4. The predicted molar refractivity (Wildman–Crippen MR) is 72.7 cm³/mol. The Morgan fingerprint density at radius 2 is 1.81 bits per heavy atom. The third kappa shape index (κ3) is 3.75. The highest BCUT2D eigenvalue weighted by Crippen LogP contribution is 2.08. The molecule has 1 aromatic carbocycles. The Morgan fingerprint density at radius 1 is 1.14 bits per heavy atom. The minimum absolute atomic E-state index is 0.0933. The lowest BCUT2D eigenvalue weighted by Crippen LogP contribution is -2.27. The summed E-state index contributed by atoms with van der Waals surface area (Å²) in [6, 6.07) is 7.38. The van der Waals surface area contributed by atoms with Gasteiger partial charge in [-0.2, -0.15) is 0 Å². The lowest BCUT2D eigenvalue weighted by molar-refractivity contribution is -0.116. The first-order valence-corrected chi connectivity index (χ1v) is 5.95. The van der Waals surface area contributed by atoms with Crippen LogP contribution < -0.4 is 10.9 Å². The molecule has 0 atom stereocenters. The molecule has 2 N–H and O–H groups in total. The lowest BCUT2D eigenvalue weighted by Gasteiger charge is -2.08. The number of nitrogens with zero attached hydrogens (tertiary/aromatic N) is 1. The van der Waals surface area contributed by atoms with Gasteiger partial charge in [0, 0.05) is 18.0 Å². The van der Waals surface area contributed by atoms with Gasteiger partial charge in [0.15, 0.2) is 0 Å². The molecular formula is C14H11FN2O4. The summed E-state index contributed by atoms with van der Waals surface area (Å²) < 4.78 is 13.7. The molecule has 1 amide bonds. The van der Waals surface area contributed by atoms with E-state index in [2.05, 4.69) is 5.32 Å². The van der Waals surface area contributed by atoms with Crippen molar-refractivity contribution in [2.24, 2.45) is 0 Å². The number of hydrogen-bond donors (Lipinski definition) is 2. The number of carboxylic acids is 1. The number of rotatable bonds is 4. The molecule has 7 heteroatoms. The normalized spacial score (nSPS) is 10.1. The van der Waals surface area contributed by atoms with Crippen LogP contribution in [0, 0.1) is 5.82 Å². The van der Waals surface area contributed by atoms with E-state index >= 15 is 0 Å². The molecule has 0 bridgehead atoms. The first-order chi connectivity index (χ1) is 9.95. The molecule has 6 nitrogen and oxygen atoms in total. The standard InChI is InChI=1S/C14H11FN2O4/c15-10-2-4-11(5-3-10)16-12(18)8-17-7-9(14(20)21)1-6-13(17)19/h1-7H,8H2,(H,16,18)(H,20,21). The highest BCUT2D eigenvalue weighted by Gasteiger charge is 2.09. The van der Waals surface area contributed by atoms with Crippen molar-refractivity contribution in [1.82, 2.24) is 4.57 Å². The topological polar surface area (TPSA) is 88.4 Å². The average Bonchev–Trinajstić information content (AvgIpc) is 2.43. The number of aromatic nitrogens is 1. The SMILES string of the molecule is O=C(Cn1cc(C(=O)O)ccc1=O)Nc1ccc(F)cc1. The number of amides is 1. The van der Waals surface area contributed by atoms with Gasteiger partial charge in [0.1, 0.15) is 12.4 Å². The molecule has 1 heterocycles. The van der Waals surface area contributed by atoms with Gasteiger partial charge in [-0.1, -0.05) is 0 Å². The molecule has 21 heavy (non-hydrogen) atoms.